The number of aromatic amines is 1. The lowest BCUT2D eigenvalue weighted by molar-refractivity contribution is -0.130. The zero-order valence-electron chi connectivity index (χ0n) is 17.8. The first-order chi connectivity index (χ1) is 15.4. The second-order valence-corrected chi connectivity index (χ2v) is 7.80. The van der Waals surface area contributed by atoms with E-state index in [1.807, 2.05) is 17.9 Å². The van der Waals surface area contributed by atoms with Crippen molar-refractivity contribution in [2.24, 2.45) is 0 Å². The fourth-order valence-corrected chi connectivity index (χ4v) is 4.03. The summed E-state index contributed by atoms with van der Waals surface area (Å²) in [5, 5.41) is 3.99. The number of methoxy groups -OCH3 is 1. The molecule has 4 rings (SSSR count). The van der Waals surface area contributed by atoms with Crippen LogP contribution in [0.3, 0.4) is 0 Å². The molecule has 1 fully saturated rings. The topological polar surface area (TPSA) is 77.7 Å². The number of fused-ring (bicyclic) bond motifs is 1. The van der Waals surface area contributed by atoms with Crippen LogP contribution >= 0.6 is 0 Å². The van der Waals surface area contributed by atoms with Gasteiger partial charge in [-0.05, 0) is 31.2 Å². The summed E-state index contributed by atoms with van der Waals surface area (Å²) < 4.78 is 32.9. The van der Waals surface area contributed by atoms with Gasteiger partial charge in [-0.3, -0.25) is 9.59 Å². The van der Waals surface area contributed by atoms with Gasteiger partial charge in [0.1, 0.15) is 0 Å². The first kappa shape index (κ1) is 21.6. The van der Waals surface area contributed by atoms with Crippen LogP contribution in [0.2, 0.25) is 0 Å². The molecule has 0 aliphatic carbocycles. The molecule has 7 nitrogen and oxygen atoms in total. The number of H-pyrrole nitrogens is 1. The number of carbonyl (C=O) groups is 1. The molecule has 1 saturated heterocycles. The monoisotopic (exact) mass is 442 g/mol. The first-order valence-electron chi connectivity index (χ1n) is 10.3. The predicted molar refractivity (Wildman–Crippen MR) is 119 cm³/mol. The van der Waals surface area contributed by atoms with Gasteiger partial charge in [-0.2, -0.15) is 0 Å². The van der Waals surface area contributed by atoms with Crippen LogP contribution < -0.4 is 20.5 Å². The normalized spacial score (nSPS) is 16.3. The molecule has 2 N–H and O–H groups in total. The molecule has 168 valence electrons. The van der Waals surface area contributed by atoms with Crippen molar-refractivity contribution in [2.75, 3.05) is 43.5 Å². The van der Waals surface area contributed by atoms with E-state index >= 15 is 0 Å². The van der Waals surface area contributed by atoms with Gasteiger partial charge in [0.15, 0.2) is 17.4 Å². The Morgan fingerprint density at radius 2 is 1.91 bits per heavy atom. The number of nitrogens with one attached hydrogen (secondary N) is 2. The molecule has 1 aliphatic heterocycles. The molecule has 1 amide bonds. The first-order valence-corrected chi connectivity index (χ1v) is 10.3. The number of ether oxygens (including phenoxy) is 1. The van der Waals surface area contributed by atoms with E-state index in [9.17, 15) is 18.4 Å². The summed E-state index contributed by atoms with van der Waals surface area (Å²) in [6.45, 7) is 3.37. The molecule has 32 heavy (non-hydrogen) atoms. The number of hydrogen-bond donors (Lipinski definition) is 2. The standard InChI is InChI=1S/C23H24F2N4O3/c1-14-13-28(7-8-29(14)17-10-18(24)23(32-2)19(25)11-17)22(31)12-26-16-4-5-20-15(9-16)3-6-21(30)27-20/h3-6,9-11,14,26H,7-8,12-13H2,1-2H3,(H,27,30)/t14-/m1/s1. The van der Waals surface area contributed by atoms with Gasteiger partial charge in [-0.15, -0.1) is 0 Å². The lowest BCUT2D eigenvalue weighted by atomic mass is 10.1. The molecule has 2 heterocycles. The van der Waals surface area contributed by atoms with Gasteiger partial charge in [0.2, 0.25) is 11.5 Å². The van der Waals surface area contributed by atoms with Gasteiger partial charge in [-0.25, -0.2) is 8.78 Å². The fourth-order valence-electron chi connectivity index (χ4n) is 4.03. The smallest absolute Gasteiger partial charge is 0.248 e. The van der Waals surface area contributed by atoms with E-state index in [-0.39, 0.29) is 24.1 Å². The van der Waals surface area contributed by atoms with Gasteiger partial charge < -0.3 is 24.8 Å². The molecule has 9 heteroatoms. The number of anilines is 2. The molecule has 3 aromatic rings. The quantitative estimate of drug-likeness (QED) is 0.635. The predicted octanol–water partition coefficient (Wildman–Crippen LogP) is 2.96. The number of carbonyl (C=O) groups excluding carboxylic acids is 1. The second-order valence-electron chi connectivity index (χ2n) is 7.80. The van der Waals surface area contributed by atoms with Gasteiger partial charge in [0.05, 0.1) is 13.7 Å². The highest BCUT2D eigenvalue weighted by Crippen LogP contribution is 2.29. The second kappa shape index (κ2) is 8.86. The van der Waals surface area contributed by atoms with Crippen molar-refractivity contribution < 1.29 is 18.3 Å². The van der Waals surface area contributed by atoms with Crippen molar-refractivity contribution in [2.45, 2.75) is 13.0 Å². The summed E-state index contributed by atoms with van der Waals surface area (Å²) in [7, 11) is 1.22. The number of amides is 1. The minimum Gasteiger partial charge on any atom is -0.491 e. The maximum atomic E-state index is 14.1. The number of piperazine rings is 1. The Balaban J connectivity index is 1.37. The largest absolute Gasteiger partial charge is 0.491 e. The summed E-state index contributed by atoms with van der Waals surface area (Å²) in [4.78, 5) is 30.5. The van der Waals surface area contributed by atoms with E-state index in [0.29, 0.717) is 25.3 Å². The van der Waals surface area contributed by atoms with Crippen LogP contribution in [0, 0.1) is 11.6 Å². The average molecular weight is 442 g/mol. The van der Waals surface area contributed by atoms with Gasteiger partial charge in [-0.1, -0.05) is 0 Å². The number of rotatable bonds is 5. The third kappa shape index (κ3) is 4.37. The molecule has 0 saturated carbocycles. The number of pyridine rings is 1. The maximum absolute atomic E-state index is 14.1. The fraction of sp³-hybridized carbons (Fsp3) is 0.304. The van der Waals surface area contributed by atoms with Crippen molar-refractivity contribution in [3.8, 4) is 5.75 Å². The summed E-state index contributed by atoms with van der Waals surface area (Å²) >= 11 is 0. The van der Waals surface area contributed by atoms with Crippen molar-refractivity contribution in [1.82, 2.24) is 9.88 Å². The van der Waals surface area contributed by atoms with E-state index in [2.05, 4.69) is 10.3 Å². The van der Waals surface area contributed by atoms with E-state index in [0.717, 1.165) is 16.6 Å². The lowest BCUT2D eigenvalue weighted by Crippen LogP contribution is -2.54. The zero-order chi connectivity index (χ0) is 22.8. The minimum atomic E-state index is -0.753. The van der Waals surface area contributed by atoms with E-state index < -0.39 is 17.4 Å². The van der Waals surface area contributed by atoms with Crippen LogP contribution in [0.4, 0.5) is 20.2 Å². The van der Waals surface area contributed by atoms with Gasteiger partial charge >= 0.3 is 0 Å². The van der Waals surface area contributed by atoms with Gasteiger partial charge in [0.25, 0.3) is 0 Å². The Morgan fingerprint density at radius 3 is 2.59 bits per heavy atom. The molecule has 0 bridgehead atoms. The van der Waals surface area contributed by atoms with Crippen LogP contribution in [-0.4, -0.2) is 55.1 Å². The third-order valence-electron chi connectivity index (χ3n) is 5.67. The van der Waals surface area contributed by atoms with Crippen LogP contribution in [0.25, 0.3) is 10.9 Å². The van der Waals surface area contributed by atoms with Crippen molar-refractivity contribution in [1.29, 1.82) is 0 Å². The number of nitrogens with zero attached hydrogens (tertiary/aromatic N) is 2. The minimum absolute atomic E-state index is 0.0647. The molecule has 1 aliphatic rings. The Kier molecular flexibility index (Phi) is 5.98. The Bertz CT molecular complexity index is 1190. The van der Waals surface area contributed by atoms with Crippen LogP contribution in [-0.2, 0) is 4.79 Å². The molecular formula is C23H24F2N4O3. The highest BCUT2D eigenvalue weighted by atomic mass is 19.1. The Morgan fingerprint density at radius 1 is 1.16 bits per heavy atom. The maximum Gasteiger partial charge on any atom is 0.248 e. The van der Waals surface area contributed by atoms with Crippen molar-refractivity contribution in [3.05, 3.63) is 64.5 Å². The van der Waals surface area contributed by atoms with Crippen LogP contribution in [0.1, 0.15) is 6.92 Å². The molecule has 1 aromatic heterocycles. The van der Waals surface area contributed by atoms with E-state index in [1.54, 1.807) is 23.1 Å². The highest BCUT2D eigenvalue weighted by Gasteiger charge is 2.28. The Hall–Kier alpha value is -3.62. The van der Waals surface area contributed by atoms with E-state index in [1.165, 1.54) is 25.3 Å². The summed E-state index contributed by atoms with van der Waals surface area (Å²) in [5.41, 5.74) is 1.76. The van der Waals surface area contributed by atoms with Crippen LogP contribution in [0.5, 0.6) is 5.75 Å². The van der Waals surface area contributed by atoms with Crippen molar-refractivity contribution >= 4 is 28.2 Å². The number of aromatic nitrogens is 1. The number of benzene rings is 2. The molecule has 0 spiro atoms. The number of hydrogen-bond acceptors (Lipinski definition) is 5. The Labute approximate surface area is 183 Å². The third-order valence-corrected chi connectivity index (χ3v) is 5.67. The summed E-state index contributed by atoms with van der Waals surface area (Å²) in [6.07, 6.45) is 0. The van der Waals surface area contributed by atoms with Crippen LogP contribution in [0.15, 0.2) is 47.3 Å². The molecule has 2 aromatic carbocycles. The highest BCUT2D eigenvalue weighted by molar-refractivity contribution is 5.85. The summed E-state index contributed by atoms with van der Waals surface area (Å²) in [5.74, 6) is -1.97. The van der Waals surface area contributed by atoms with Gasteiger partial charge in [0, 0.05) is 66.2 Å². The van der Waals surface area contributed by atoms with E-state index in [4.69, 9.17) is 4.74 Å². The molecular weight excluding hydrogens is 418 g/mol. The summed E-state index contributed by atoms with van der Waals surface area (Å²) in [6, 6.07) is 11.0. The SMILES string of the molecule is COc1c(F)cc(N2CCN(C(=O)CNc3ccc4[nH]c(=O)ccc4c3)C[C@H]2C)cc1F. The zero-order valence-corrected chi connectivity index (χ0v) is 17.8. The molecule has 0 radical (unpaired) electrons. The number of halogens is 2. The molecule has 0 unspecified atom stereocenters. The lowest BCUT2D eigenvalue weighted by Gasteiger charge is -2.41. The molecule has 1 atom stereocenters. The average Bonchev–Trinajstić information content (AvgIpc) is 2.77. The van der Waals surface area contributed by atoms with Crippen molar-refractivity contribution in [3.63, 3.8) is 0 Å².